The Kier molecular flexibility index (Phi) is 4.62. The van der Waals surface area contributed by atoms with Crippen molar-refractivity contribution in [1.82, 2.24) is 4.90 Å². The highest BCUT2D eigenvalue weighted by atomic mass is 79.9. The molecule has 0 radical (unpaired) electrons. The highest BCUT2D eigenvalue weighted by Gasteiger charge is 2.20. The molecule has 1 heterocycles. The Hall–Kier alpha value is -1.05. The molecular formula is C14H18BrN3. The quantitative estimate of drug-likeness (QED) is 0.929. The van der Waals surface area contributed by atoms with Crippen LogP contribution in [0, 0.1) is 17.2 Å². The van der Waals surface area contributed by atoms with E-state index in [0.29, 0.717) is 5.56 Å². The SMILES string of the molecule is CCN1CCC(CNc2ccc(C#N)cc2Br)C1. The van der Waals surface area contributed by atoms with Crippen molar-refractivity contribution in [3.05, 3.63) is 28.2 Å². The van der Waals surface area contributed by atoms with Crippen LogP contribution in [-0.4, -0.2) is 31.1 Å². The third kappa shape index (κ3) is 3.24. The molecule has 4 heteroatoms. The van der Waals surface area contributed by atoms with Gasteiger partial charge in [-0.1, -0.05) is 6.92 Å². The van der Waals surface area contributed by atoms with E-state index in [9.17, 15) is 0 Å². The first-order valence-electron chi connectivity index (χ1n) is 6.38. The Morgan fingerprint density at radius 3 is 3.00 bits per heavy atom. The highest BCUT2D eigenvalue weighted by molar-refractivity contribution is 9.10. The molecule has 0 saturated carbocycles. The summed E-state index contributed by atoms with van der Waals surface area (Å²) in [5.74, 6) is 0.729. The molecule has 1 aromatic rings. The lowest BCUT2D eigenvalue weighted by atomic mass is 10.1. The van der Waals surface area contributed by atoms with Crippen LogP contribution in [0.15, 0.2) is 22.7 Å². The van der Waals surface area contributed by atoms with Gasteiger partial charge in [0.15, 0.2) is 0 Å². The van der Waals surface area contributed by atoms with Crippen LogP contribution < -0.4 is 5.32 Å². The Morgan fingerprint density at radius 2 is 2.39 bits per heavy atom. The number of rotatable bonds is 4. The van der Waals surface area contributed by atoms with E-state index in [4.69, 9.17) is 5.26 Å². The molecule has 1 N–H and O–H groups in total. The zero-order chi connectivity index (χ0) is 13.0. The third-order valence-corrected chi connectivity index (χ3v) is 4.15. The molecule has 1 aliphatic rings. The average molecular weight is 308 g/mol. The van der Waals surface area contributed by atoms with Gasteiger partial charge in [0.05, 0.1) is 11.6 Å². The fourth-order valence-electron chi connectivity index (χ4n) is 2.35. The second-order valence-corrected chi connectivity index (χ2v) is 5.59. The largest absolute Gasteiger partial charge is 0.384 e. The summed E-state index contributed by atoms with van der Waals surface area (Å²) in [6, 6.07) is 7.81. The van der Waals surface area contributed by atoms with Crippen LogP contribution in [0.4, 0.5) is 5.69 Å². The van der Waals surface area contributed by atoms with Crippen molar-refractivity contribution in [1.29, 1.82) is 5.26 Å². The molecule has 1 aliphatic heterocycles. The number of anilines is 1. The number of nitriles is 1. The minimum Gasteiger partial charge on any atom is -0.384 e. The Morgan fingerprint density at radius 1 is 1.56 bits per heavy atom. The predicted molar refractivity (Wildman–Crippen MR) is 77.6 cm³/mol. The fraction of sp³-hybridized carbons (Fsp3) is 0.500. The number of nitrogens with one attached hydrogen (secondary N) is 1. The van der Waals surface area contributed by atoms with Gasteiger partial charge < -0.3 is 10.2 Å². The van der Waals surface area contributed by atoms with Gasteiger partial charge in [-0.25, -0.2) is 0 Å². The number of halogens is 1. The molecule has 1 saturated heterocycles. The van der Waals surface area contributed by atoms with E-state index in [0.717, 1.165) is 29.2 Å². The minimum atomic E-state index is 0.686. The summed E-state index contributed by atoms with van der Waals surface area (Å²) >= 11 is 3.50. The molecule has 0 spiro atoms. The third-order valence-electron chi connectivity index (χ3n) is 3.50. The summed E-state index contributed by atoms with van der Waals surface area (Å²) in [7, 11) is 0. The number of nitrogens with zero attached hydrogens (tertiary/aromatic N) is 2. The van der Waals surface area contributed by atoms with Crippen LogP contribution in [0.1, 0.15) is 18.9 Å². The zero-order valence-electron chi connectivity index (χ0n) is 10.6. The molecule has 1 aromatic carbocycles. The van der Waals surface area contributed by atoms with Gasteiger partial charge in [0, 0.05) is 23.2 Å². The average Bonchev–Trinajstić information content (AvgIpc) is 2.85. The van der Waals surface area contributed by atoms with E-state index in [2.05, 4.69) is 39.1 Å². The van der Waals surface area contributed by atoms with Gasteiger partial charge in [0.1, 0.15) is 0 Å². The second-order valence-electron chi connectivity index (χ2n) is 4.74. The molecule has 1 fully saturated rings. The monoisotopic (exact) mass is 307 g/mol. The van der Waals surface area contributed by atoms with Crippen molar-refractivity contribution in [2.75, 3.05) is 31.5 Å². The lowest BCUT2D eigenvalue weighted by Crippen LogP contribution is -2.22. The topological polar surface area (TPSA) is 39.1 Å². The van der Waals surface area contributed by atoms with E-state index in [1.807, 2.05) is 18.2 Å². The predicted octanol–water partition coefficient (Wildman–Crippen LogP) is 3.07. The lowest BCUT2D eigenvalue weighted by molar-refractivity contribution is 0.345. The number of hydrogen-bond acceptors (Lipinski definition) is 3. The molecule has 3 nitrogen and oxygen atoms in total. The highest BCUT2D eigenvalue weighted by Crippen LogP contribution is 2.24. The van der Waals surface area contributed by atoms with Crippen LogP contribution in [0.25, 0.3) is 0 Å². The molecule has 0 bridgehead atoms. The Labute approximate surface area is 117 Å². The van der Waals surface area contributed by atoms with Crippen molar-refractivity contribution in [2.24, 2.45) is 5.92 Å². The molecule has 0 aromatic heterocycles. The van der Waals surface area contributed by atoms with E-state index in [1.165, 1.54) is 19.5 Å². The normalized spacial score (nSPS) is 19.7. The van der Waals surface area contributed by atoms with Gasteiger partial charge in [-0.05, 0) is 59.6 Å². The van der Waals surface area contributed by atoms with Crippen molar-refractivity contribution in [3.63, 3.8) is 0 Å². The molecule has 0 amide bonds. The number of hydrogen-bond donors (Lipinski definition) is 1. The van der Waals surface area contributed by atoms with E-state index >= 15 is 0 Å². The molecule has 18 heavy (non-hydrogen) atoms. The maximum absolute atomic E-state index is 8.81. The second kappa shape index (κ2) is 6.21. The van der Waals surface area contributed by atoms with Crippen LogP contribution in [-0.2, 0) is 0 Å². The van der Waals surface area contributed by atoms with Gasteiger partial charge in [0.25, 0.3) is 0 Å². The minimum absolute atomic E-state index is 0.686. The van der Waals surface area contributed by atoms with Crippen LogP contribution in [0.5, 0.6) is 0 Å². The zero-order valence-corrected chi connectivity index (χ0v) is 12.2. The van der Waals surface area contributed by atoms with Crippen molar-refractivity contribution in [2.45, 2.75) is 13.3 Å². The Bertz CT molecular complexity index is 453. The van der Waals surface area contributed by atoms with Crippen LogP contribution in [0.2, 0.25) is 0 Å². The first kappa shape index (κ1) is 13.4. The summed E-state index contributed by atoms with van der Waals surface area (Å²) in [6.45, 7) is 6.78. The molecule has 1 atom stereocenters. The van der Waals surface area contributed by atoms with Crippen molar-refractivity contribution in [3.8, 4) is 6.07 Å². The molecule has 96 valence electrons. The van der Waals surface area contributed by atoms with Crippen molar-refractivity contribution >= 4 is 21.6 Å². The number of likely N-dealkylation sites (tertiary alicyclic amines) is 1. The van der Waals surface area contributed by atoms with Gasteiger partial charge in [-0.2, -0.15) is 5.26 Å². The van der Waals surface area contributed by atoms with Gasteiger partial charge >= 0.3 is 0 Å². The summed E-state index contributed by atoms with van der Waals surface area (Å²) in [5, 5.41) is 12.3. The Balaban J connectivity index is 1.89. The van der Waals surface area contributed by atoms with Gasteiger partial charge in [-0.15, -0.1) is 0 Å². The smallest absolute Gasteiger partial charge is 0.0992 e. The van der Waals surface area contributed by atoms with Crippen LogP contribution in [0.3, 0.4) is 0 Å². The summed E-state index contributed by atoms with van der Waals surface area (Å²) in [5.41, 5.74) is 1.76. The van der Waals surface area contributed by atoms with Gasteiger partial charge in [0.2, 0.25) is 0 Å². The standard InChI is InChI=1S/C14H18BrN3/c1-2-18-6-5-12(10-18)9-17-14-4-3-11(8-16)7-13(14)15/h3-4,7,12,17H,2,5-6,9-10H2,1H3. The first-order chi connectivity index (χ1) is 8.72. The van der Waals surface area contributed by atoms with E-state index in [1.54, 1.807) is 0 Å². The lowest BCUT2D eigenvalue weighted by Gasteiger charge is -2.15. The maximum Gasteiger partial charge on any atom is 0.0992 e. The molecule has 0 aliphatic carbocycles. The summed E-state index contributed by atoms with van der Waals surface area (Å²) < 4.78 is 0.965. The summed E-state index contributed by atoms with van der Waals surface area (Å²) in [4.78, 5) is 2.49. The van der Waals surface area contributed by atoms with Crippen molar-refractivity contribution < 1.29 is 0 Å². The van der Waals surface area contributed by atoms with E-state index in [-0.39, 0.29) is 0 Å². The first-order valence-corrected chi connectivity index (χ1v) is 7.18. The van der Waals surface area contributed by atoms with Gasteiger partial charge in [-0.3, -0.25) is 0 Å². The fourth-order valence-corrected chi connectivity index (χ4v) is 2.87. The number of benzene rings is 1. The summed E-state index contributed by atoms with van der Waals surface area (Å²) in [6.07, 6.45) is 1.27. The van der Waals surface area contributed by atoms with E-state index < -0.39 is 0 Å². The molecule has 1 unspecified atom stereocenters. The maximum atomic E-state index is 8.81. The molecule has 2 rings (SSSR count). The molecular weight excluding hydrogens is 290 g/mol. The van der Waals surface area contributed by atoms with Crippen LogP contribution >= 0.6 is 15.9 Å².